The highest BCUT2D eigenvalue weighted by Gasteiger charge is 2.12. The van der Waals surface area contributed by atoms with E-state index in [1.165, 1.54) is 0 Å². The molecule has 0 aromatic heterocycles. The molecule has 0 spiro atoms. The van der Waals surface area contributed by atoms with Crippen LogP contribution < -0.4 is 0 Å². The molecule has 0 unspecified atom stereocenters. The SMILES string of the molecule is C=CC(=O)OCOC(=O)C[S+](C)C. The lowest BCUT2D eigenvalue weighted by atomic mass is 10.7. The molecule has 0 saturated heterocycles. The van der Waals surface area contributed by atoms with E-state index in [1.807, 2.05) is 12.5 Å². The van der Waals surface area contributed by atoms with Gasteiger partial charge in [0.1, 0.15) is 0 Å². The highest BCUT2D eigenvalue weighted by molar-refractivity contribution is 7.96. The summed E-state index contributed by atoms with van der Waals surface area (Å²) >= 11 is 0. The van der Waals surface area contributed by atoms with Crippen molar-refractivity contribution in [3.8, 4) is 0 Å². The molecular formula is C8H13O4S+. The first-order valence-corrected chi connectivity index (χ1v) is 5.76. The molecule has 13 heavy (non-hydrogen) atoms. The quantitative estimate of drug-likeness (QED) is 0.276. The maximum atomic E-state index is 10.9. The van der Waals surface area contributed by atoms with Gasteiger partial charge in [-0.2, -0.15) is 0 Å². The van der Waals surface area contributed by atoms with Gasteiger partial charge < -0.3 is 9.47 Å². The summed E-state index contributed by atoms with van der Waals surface area (Å²) < 4.78 is 9.05. The van der Waals surface area contributed by atoms with Crippen molar-refractivity contribution in [1.82, 2.24) is 0 Å². The van der Waals surface area contributed by atoms with E-state index in [1.54, 1.807) is 0 Å². The number of esters is 2. The van der Waals surface area contributed by atoms with Gasteiger partial charge in [-0.1, -0.05) is 6.58 Å². The van der Waals surface area contributed by atoms with Crippen molar-refractivity contribution in [3.63, 3.8) is 0 Å². The van der Waals surface area contributed by atoms with Crippen molar-refractivity contribution in [2.24, 2.45) is 0 Å². The zero-order valence-electron chi connectivity index (χ0n) is 7.74. The van der Waals surface area contributed by atoms with Crippen LogP contribution in [0.15, 0.2) is 12.7 Å². The van der Waals surface area contributed by atoms with Crippen molar-refractivity contribution in [1.29, 1.82) is 0 Å². The second kappa shape index (κ2) is 6.54. The fourth-order valence-corrected chi connectivity index (χ4v) is 1.04. The molecule has 0 fully saturated rings. The molecular weight excluding hydrogens is 192 g/mol. The second-order valence-electron chi connectivity index (χ2n) is 2.43. The fraction of sp³-hybridized carbons (Fsp3) is 0.500. The molecule has 0 atom stereocenters. The summed E-state index contributed by atoms with van der Waals surface area (Å²) in [5, 5.41) is 0. The van der Waals surface area contributed by atoms with Crippen LogP contribution in [0.3, 0.4) is 0 Å². The Morgan fingerprint density at radius 1 is 1.38 bits per heavy atom. The maximum absolute atomic E-state index is 10.9. The average Bonchev–Trinajstić information content (AvgIpc) is 2.02. The third-order valence-corrected chi connectivity index (χ3v) is 1.81. The number of hydrogen-bond donors (Lipinski definition) is 0. The third kappa shape index (κ3) is 7.39. The van der Waals surface area contributed by atoms with Crippen molar-refractivity contribution < 1.29 is 19.1 Å². The van der Waals surface area contributed by atoms with E-state index < -0.39 is 5.97 Å². The van der Waals surface area contributed by atoms with Gasteiger partial charge in [-0.05, 0) is 10.9 Å². The van der Waals surface area contributed by atoms with E-state index in [0.717, 1.165) is 6.08 Å². The lowest BCUT2D eigenvalue weighted by Gasteiger charge is -2.02. The molecule has 0 N–H and O–H groups in total. The highest BCUT2D eigenvalue weighted by Crippen LogP contribution is 1.89. The van der Waals surface area contributed by atoms with Crippen molar-refractivity contribution in [3.05, 3.63) is 12.7 Å². The normalized spacial score (nSPS) is 9.46. The van der Waals surface area contributed by atoms with Crippen LogP contribution in [0.5, 0.6) is 0 Å². The molecule has 0 amide bonds. The molecule has 0 aliphatic heterocycles. The number of ether oxygens (including phenoxy) is 2. The molecule has 74 valence electrons. The Labute approximate surface area is 80.2 Å². The smallest absolute Gasteiger partial charge is 0.359 e. The molecule has 0 heterocycles. The molecule has 0 bridgehead atoms. The number of carbonyl (C=O) groups is 2. The molecule has 0 rings (SSSR count). The second-order valence-corrected chi connectivity index (χ2v) is 4.69. The van der Waals surface area contributed by atoms with Crippen LogP contribution in [0.25, 0.3) is 0 Å². The van der Waals surface area contributed by atoms with Crippen molar-refractivity contribution >= 4 is 22.8 Å². The summed E-state index contributed by atoms with van der Waals surface area (Å²) in [6.45, 7) is 2.86. The minimum absolute atomic E-state index is 0.00320. The lowest BCUT2D eigenvalue weighted by molar-refractivity contribution is -0.161. The first kappa shape index (κ1) is 12.0. The van der Waals surface area contributed by atoms with E-state index >= 15 is 0 Å². The molecule has 0 aliphatic carbocycles. The van der Waals surface area contributed by atoms with E-state index in [9.17, 15) is 9.59 Å². The largest absolute Gasteiger partial charge is 0.425 e. The van der Waals surface area contributed by atoms with Gasteiger partial charge in [0.05, 0.1) is 12.5 Å². The van der Waals surface area contributed by atoms with Crippen LogP contribution in [-0.4, -0.2) is 37.0 Å². The van der Waals surface area contributed by atoms with Crippen LogP contribution >= 0.6 is 0 Å². The van der Waals surface area contributed by atoms with Gasteiger partial charge in [-0.15, -0.1) is 0 Å². The van der Waals surface area contributed by atoms with Gasteiger partial charge in [0.15, 0.2) is 0 Å². The van der Waals surface area contributed by atoms with Gasteiger partial charge in [-0.25, -0.2) is 9.59 Å². The summed E-state index contributed by atoms with van der Waals surface area (Å²) in [5.41, 5.74) is 0. The Hall–Kier alpha value is -0.970. The van der Waals surface area contributed by atoms with Gasteiger partial charge in [0.2, 0.25) is 12.5 Å². The van der Waals surface area contributed by atoms with Crippen LogP contribution in [0.4, 0.5) is 0 Å². The van der Waals surface area contributed by atoms with Crippen molar-refractivity contribution in [2.75, 3.05) is 25.1 Å². The van der Waals surface area contributed by atoms with Gasteiger partial charge in [-0.3, -0.25) is 0 Å². The van der Waals surface area contributed by atoms with Crippen molar-refractivity contribution in [2.45, 2.75) is 0 Å². The van der Waals surface area contributed by atoms with Crippen LogP contribution in [-0.2, 0) is 30.0 Å². The average molecular weight is 205 g/mol. The summed E-state index contributed by atoms with van der Waals surface area (Å²) in [4.78, 5) is 21.4. The molecule has 0 saturated carbocycles. The molecule has 0 aromatic carbocycles. The lowest BCUT2D eigenvalue weighted by Crippen LogP contribution is -2.18. The monoisotopic (exact) mass is 205 g/mol. The Morgan fingerprint density at radius 3 is 2.46 bits per heavy atom. The number of hydrogen-bond acceptors (Lipinski definition) is 4. The predicted octanol–water partition coefficient (Wildman–Crippen LogP) is 0.0942. The topological polar surface area (TPSA) is 52.6 Å². The Bertz CT molecular complexity index is 200. The zero-order chi connectivity index (χ0) is 10.3. The van der Waals surface area contributed by atoms with Gasteiger partial charge in [0.25, 0.3) is 0 Å². The van der Waals surface area contributed by atoms with Crippen LogP contribution in [0, 0.1) is 0 Å². The fourth-order valence-electron chi connectivity index (χ4n) is 0.490. The highest BCUT2D eigenvalue weighted by atomic mass is 32.2. The standard InChI is InChI=1S/C8H13O4S/c1-4-7(9)11-6-12-8(10)5-13(2)3/h4H,1,5-6H2,2-3H3/q+1. The summed E-state index contributed by atoms with van der Waals surface area (Å²) in [7, 11) is 0.00320. The minimum atomic E-state index is -0.597. The summed E-state index contributed by atoms with van der Waals surface area (Å²) in [6, 6.07) is 0. The molecule has 4 nitrogen and oxygen atoms in total. The maximum Gasteiger partial charge on any atom is 0.359 e. The molecule has 5 heteroatoms. The Kier molecular flexibility index (Phi) is 6.05. The van der Waals surface area contributed by atoms with E-state index in [4.69, 9.17) is 0 Å². The Balaban J connectivity index is 3.48. The van der Waals surface area contributed by atoms with E-state index in [2.05, 4.69) is 16.1 Å². The number of carbonyl (C=O) groups excluding carboxylic acids is 2. The predicted molar refractivity (Wildman–Crippen MR) is 51.3 cm³/mol. The molecule has 0 aromatic rings. The van der Waals surface area contributed by atoms with Gasteiger partial charge >= 0.3 is 11.9 Å². The number of rotatable bonds is 5. The van der Waals surface area contributed by atoms with Crippen LogP contribution in [0.2, 0.25) is 0 Å². The minimum Gasteiger partial charge on any atom is -0.425 e. The first-order chi connectivity index (χ1) is 6.06. The van der Waals surface area contributed by atoms with Crippen LogP contribution in [0.1, 0.15) is 0 Å². The van der Waals surface area contributed by atoms with Gasteiger partial charge in [0, 0.05) is 6.08 Å². The summed E-state index contributed by atoms with van der Waals surface area (Å²) in [6.07, 6.45) is 4.87. The van der Waals surface area contributed by atoms with E-state index in [0.29, 0.717) is 5.75 Å². The summed E-state index contributed by atoms with van der Waals surface area (Å²) in [5.74, 6) is -0.601. The van der Waals surface area contributed by atoms with E-state index in [-0.39, 0.29) is 23.7 Å². The zero-order valence-corrected chi connectivity index (χ0v) is 8.56. The third-order valence-electron chi connectivity index (χ3n) is 0.994. The first-order valence-electron chi connectivity index (χ1n) is 3.55. The molecule has 0 aliphatic rings. The Morgan fingerprint density at radius 2 is 2.00 bits per heavy atom. The molecule has 0 radical (unpaired) electrons.